The summed E-state index contributed by atoms with van der Waals surface area (Å²) < 4.78 is 5.70. The van der Waals surface area contributed by atoms with Gasteiger partial charge in [0.1, 0.15) is 17.3 Å². The third-order valence-corrected chi connectivity index (χ3v) is 2.78. The number of rotatable bonds is 2. The molecular formula is C12H10N2O3. The van der Waals surface area contributed by atoms with Gasteiger partial charge in [-0.05, 0) is 11.6 Å². The van der Waals surface area contributed by atoms with Gasteiger partial charge in [0.25, 0.3) is 0 Å². The Morgan fingerprint density at radius 2 is 2.29 bits per heavy atom. The third kappa shape index (κ3) is 1.65. The summed E-state index contributed by atoms with van der Waals surface area (Å²) in [5, 5.41) is 8.80. The first-order chi connectivity index (χ1) is 8.24. The lowest BCUT2D eigenvalue weighted by Gasteiger charge is -2.06. The van der Waals surface area contributed by atoms with Gasteiger partial charge in [-0.1, -0.05) is 18.2 Å². The Kier molecular flexibility index (Phi) is 2.11. The number of H-pyrrole nitrogens is 1. The van der Waals surface area contributed by atoms with Crippen LogP contribution in [0, 0.1) is 0 Å². The number of carboxylic acids is 1. The second kappa shape index (κ2) is 3.62. The molecule has 0 saturated carbocycles. The summed E-state index contributed by atoms with van der Waals surface area (Å²) in [5.41, 5.74) is 1.20. The topological polar surface area (TPSA) is 75.2 Å². The smallest absolute Gasteiger partial charge is 0.353 e. The highest BCUT2D eigenvalue weighted by atomic mass is 16.5. The zero-order valence-corrected chi connectivity index (χ0v) is 8.88. The van der Waals surface area contributed by atoms with Gasteiger partial charge >= 0.3 is 5.97 Å². The van der Waals surface area contributed by atoms with E-state index in [2.05, 4.69) is 9.97 Å². The highest BCUT2D eigenvalue weighted by Crippen LogP contribution is 2.35. The maximum absolute atomic E-state index is 10.7. The number of carboxylic acid groups (broad SMARTS) is 1. The Bertz CT molecular complexity index is 552. The molecule has 0 aliphatic carbocycles. The lowest BCUT2D eigenvalue weighted by molar-refractivity contribution is 0.0690. The monoisotopic (exact) mass is 230 g/mol. The molecule has 86 valence electrons. The van der Waals surface area contributed by atoms with Gasteiger partial charge in [0.05, 0.1) is 6.20 Å². The van der Waals surface area contributed by atoms with Crippen molar-refractivity contribution in [1.82, 2.24) is 9.97 Å². The number of fused-ring (bicyclic) bond motifs is 1. The van der Waals surface area contributed by atoms with Crippen LogP contribution in [0.3, 0.4) is 0 Å². The van der Waals surface area contributed by atoms with Crippen LogP contribution in [0.15, 0.2) is 30.5 Å². The fourth-order valence-corrected chi connectivity index (χ4v) is 1.94. The average Bonchev–Trinajstić information content (AvgIpc) is 2.95. The highest BCUT2D eigenvalue weighted by molar-refractivity contribution is 5.85. The minimum Gasteiger partial charge on any atom is -0.482 e. The van der Waals surface area contributed by atoms with E-state index in [0.717, 1.165) is 11.3 Å². The molecule has 1 aromatic heterocycles. The first-order valence-corrected chi connectivity index (χ1v) is 5.27. The van der Waals surface area contributed by atoms with Crippen LogP contribution in [0.5, 0.6) is 5.75 Å². The second-order valence-corrected chi connectivity index (χ2v) is 3.91. The molecule has 1 aliphatic rings. The molecule has 0 saturated heterocycles. The predicted octanol–water partition coefficient (Wildman–Crippen LogP) is 1.78. The quantitative estimate of drug-likeness (QED) is 0.824. The predicted molar refractivity (Wildman–Crippen MR) is 59.1 cm³/mol. The number of ether oxygens (including phenoxy) is 1. The molecule has 1 aromatic carbocycles. The molecule has 2 N–H and O–H groups in total. The molecule has 0 fully saturated rings. The Labute approximate surface area is 97.1 Å². The number of para-hydroxylation sites is 1. The number of hydrogen-bond donors (Lipinski definition) is 2. The summed E-state index contributed by atoms with van der Waals surface area (Å²) in [6, 6.07) is 7.76. The van der Waals surface area contributed by atoms with E-state index in [1.54, 1.807) is 0 Å². The van der Waals surface area contributed by atoms with Crippen LogP contribution in [0.1, 0.15) is 28.0 Å². The Hall–Kier alpha value is -2.30. The zero-order chi connectivity index (χ0) is 11.8. The van der Waals surface area contributed by atoms with Crippen LogP contribution >= 0.6 is 0 Å². The van der Waals surface area contributed by atoms with E-state index in [-0.39, 0.29) is 11.8 Å². The lowest BCUT2D eigenvalue weighted by atomic mass is 10.1. The number of aromatic carboxylic acids is 1. The van der Waals surface area contributed by atoms with Crippen LogP contribution in [-0.4, -0.2) is 21.0 Å². The van der Waals surface area contributed by atoms with E-state index < -0.39 is 5.97 Å². The third-order valence-electron chi connectivity index (χ3n) is 2.78. The largest absolute Gasteiger partial charge is 0.482 e. The van der Waals surface area contributed by atoms with E-state index in [1.165, 1.54) is 6.20 Å². The summed E-state index contributed by atoms with van der Waals surface area (Å²) in [4.78, 5) is 17.5. The number of imidazole rings is 1. The van der Waals surface area contributed by atoms with Crippen LogP contribution < -0.4 is 4.74 Å². The van der Waals surface area contributed by atoms with Crippen molar-refractivity contribution in [2.45, 2.75) is 12.5 Å². The van der Waals surface area contributed by atoms with Crippen molar-refractivity contribution >= 4 is 5.97 Å². The normalized spacial score (nSPS) is 17.5. The van der Waals surface area contributed by atoms with Crippen molar-refractivity contribution in [3.8, 4) is 5.75 Å². The molecule has 1 atom stereocenters. The average molecular weight is 230 g/mol. The minimum absolute atomic E-state index is 0.0829. The summed E-state index contributed by atoms with van der Waals surface area (Å²) in [6.07, 6.45) is 1.80. The molecule has 1 unspecified atom stereocenters. The number of hydrogen-bond acceptors (Lipinski definition) is 3. The number of nitrogens with one attached hydrogen (secondary N) is 1. The van der Waals surface area contributed by atoms with Crippen molar-refractivity contribution in [2.75, 3.05) is 0 Å². The van der Waals surface area contributed by atoms with Crippen molar-refractivity contribution in [2.24, 2.45) is 0 Å². The SMILES string of the molecule is O=C(O)c1cnc(C2Cc3ccccc3O2)[nH]1. The molecule has 0 spiro atoms. The fourth-order valence-electron chi connectivity index (χ4n) is 1.94. The first-order valence-electron chi connectivity index (χ1n) is 5.27. The van der Waals surface area contributed by atoms with Gasteiger partial charge in [0.2, 0.25) is 0 Å². The van der Waals surface area contributed by atoms with E-state index in [9.17, 15) is 4.79 Å². The summed E-state index contributed by atoms with van der Waals surface area (Å²) >= 11 is 0. The number of aromatic nitrogens is 2. The molecule has 5 nitrogen and oxygen atoms in total. The minimum atomic E-state index is -1.01. The molecule has 3 rings (SSSR count). The summed E-state index contributed by atoms with van der Waals surface area (Å²) in [7, 11) is 0. The van der Waals surface area contributed by atoms with Gasteiger partial charge in [0.15, 0.2) is 6.10 Å². The van der Waals surface area contributed by atoms with Crippen LogP contribution in [0.25, 0.3) is 0 Å². The fraction of sp³-hybridized carbons (Fsp3) is 0.167. The van der Waals surface area contributed by atoms with E-state index in [0.29, 0.717) is 12.2 Å². The highest BCUT2D eigenvalue weighted by Gasteiger charge is 2.26. The molecule has 2 heterocycles. The maximum Gasteiger partial charge on any atom is 0.353 e. The Balaban J connectivity index is 1.86. The van der Waals surface area contributed by atoms with E-state index >= 15 is 0 Å². The lowest BCUT2D eigenvalue weighted by Crippen LogP contribution is -2.06. The van der Waals surface area contributed by atoms with E-state index in [1.807, 2.05) is 24.3 Å². The number of carbonyl (C=O) groups is 1. The number of aromatic amines is 1. The summed E-state index contributed by atoms with van der Waals surface area (Å²) in [5.74, 6) is 0.378. The maximum atomic E-state index is 10.7. The standard InChI is InChI=1S/C12H10N2O3/c15-12(16)8-6-13-11(14-8)10-5-7-3-1-2-4-9(7)17-10/h1-4,6,10H,5H2,(H,13,14)(H,15,16). The zero-order valence-electron chi connectivity index (χ0n) is 8.88. The second-order valence-electron chi connectivity index (χ2n) is 3.91. The molecule has 17 heavy (non-hydrogen) atoms. The van der Waals surface area contributed by atoms with Crippen LogP contribution in [0.4, 0.5) is 0 Å². The van der Waals surface area contributed by atoms with E-state index in [4.69, 9.17) is 9.84 Å². The van der Waals surface area contributed by atoms with Crippen molar-refractivity contribution in [3.05, 3.63) is 47.5 Å². The van der Waals surface area contributed by atoms with Crippen LogP contribution in [-0.2, 0) is 6.42 Å². The van der Waals surface area contributed by atoms with Gasteiger partial charge in [-0.3, -0.25) is 0 Å². The molecule has 5 heteroatoms. The first kappa shape index (κ1) is 9.89. The van der Waals surface area contributed by atoms with Gasteiger partial charge in [-0.15, -0.1) is 0 Å². The van der Waals surface area contributed by atoms with Crippen molar-refractivity contribution in [1.29, 1.82) is 0 Å². The molecular weight excluding hydrogens is 220 g/mol. The van der Waals surface area contributed by atoms with Crippen molar-refractivity contribution in [3.63, 3.8) is 0 Å². The molecule has 0 bridgehead atoms. The van der Waals surface area contributed by atoms with Gasteiger partial charge in [-0.25, -0.2) is 9.78 Å². The summed E-state index contributed by atoms with van der Waals surface area (Å²) in [6.45, 7) is 0. The Morgan fingerprint density at radius 1 is 1.47 bits per heavy atom. The molecule has 2 aromatic rings. The van der Waals surface area contributed by atoms with Gasteiger partial charge in [0, 0.05) is 6.42 Å². The molecule has 1 aliphatic heterocycles. The van der Waals surface area contributed by atoms with Gasteiger partial charge < -0.3 is 14.8 Å². The number of nitrogens with zero attached hydrogens (tertiary/aromatic N) is 1. The van der Waals surface area contributed by atoms with Crippen molar-refractivity contribution < 1.29 is 14.6 Å². The molecule has 0 radical (unpaired) electrons. The molecule has 0 amide bonds. The number of benzene rings is 1. The van der Waals surface area contributed by atoms with Gasteiger partial charge in [-0.2, -0.15) is 0 Å². The Morgan fingerprint density at radius 3 is 3.00 bits per heavy atom. The van der Waals surface area contributed by atoms with Crippen LogP contribution in [0.2, 0.25) is 0 Å².